The lowest BCUT2D eigenvalue weighted by molar-refractivity contribution is -0.143. The summed E-state index contributed by atoms with van der Waals surface area (Å²) >= 11 is 5.33. The molecule has 1 aliphatic carbocycles. The molecule has 0 saturated heterocycles. The Labute approximate surface area is 133 Å². The second kappa shape index (κ2) is 6.58. The fourth-order valence-electron chi connectivity index (χ4n) is 3.27. The zero-order valence-corrected chi connectivity index (χ0v) is 14.5. The Bertz CT molecular complexity index is 480. The van der Waals surface area contributed by atoms with Gasteiger partial charge in [0, 0.05) is 20.3 Å². The van der Waals surface area contributed by atoms with Crippen LogP contribution < -0.4 is 5.73 Å². The van der Waals surface area contributed by atoms with Crippen LogP contribution in [0.25, 0.3) is 0 Å². The van der Waals surface area contributed by atoms with Gasteiger partial charge >= 0.3 is 5.97 Å². The van der Waals surface area contributed by atoms with Gasteiger partial charge in [-0.05, 0) is 53.6 Å². The summed E-state index contributed by atoms with van der Waals surface area (Å²) in [5.41, 5.74) is 6.45. The van der Waals surface area contributed by atoms with Gasteiger partial charge in [0.15, 0.2) is 0 Å². The lowest BCUT2D eigenvalue weighted by Gasteiger charge is -2.30. The Kier molecular flexibility index (Phi) is 5.26. The van der Waals surface area contributed by atoms with Gasteiger partial charge in [0.1, 0.15) is 0 Å². The largest absolute Gasteiger partial charge is 0.469 e. The number of ether oxygens (including phenoxy) is 1. The molecule has 1 aliphatic rings. The first kappa shape index (κ1) is 16.0. The van der Waals surface area contributed by atoms with Crippen LogP contribution in [0.4, 0.5) is 0 Å². The number of methoxy groups -OCH3 is 1. The van der Waals surface area contributed by atoms with Crippen molar-refractivity contribution >= 4 is 33.2 Å². The molecule has 0 amide bonds. The van der Waals surface area contributed by atoms with Crippen molar-refractivity contribution in [1.29, 1.82) is 0 Å². The SMILES string of the molecule is COC(=O)CC1(CC(N)c2sc(C)cc2Br)CCCC1. The summed E-state index contributed by atoms with van der Waals surface area (Å²) in [5, 5.41) is 0. The summed E-state index contributed by atoms with van der Waals surface area (Å²) < 4.78 is 5.96. The van der Waals surface area contributed by atoms with Gasteiger partial charge in [-0.1, -0.05) is 12.8 Å². The zero-order valence-electron chi connectivity index (χ0n) is 12.1. The molecule has 1 fully saturated rings. The number of esters is 1. The van der Waals surface area contributed by atoms with Crippen LogP contribution in [0.5, 0.6) is 0 Å². The Morgan fingerprint density at radius 3 is 2.70 bits per heavy atom. The molecule has 1 aromatic heterocycles. The van der Waals surface area contributed by atoms with E-state index in [-0.39, 0.29) is 17.4 Å². The Morgan fingerprint density at radius 2 is 2.20 bits per heavy atom. The van der Waals surface area contributed by atoms with Crippen molar-refractivity contribution in [3.8, 4) is 0 Å². The first-order valence-corrected chi connectivity index (χ1v) is 8.65. The van der Waals surface area contributed by atoms with Crippen molar-refractivity contribution in [2.75, 3.05) is 7.11 Å². The summed E-state index contributed by atoms with van der Waals surface area (Å²) in [6.07, 6.45) is 5.90. The molecule has 1 heterocycles. The van der Waals surface area contributed by atoms with Crippen LogP contribution in [0.1, 0.15) is 54.3 Å². The number of hydrogen-bond donors (Lipinski definition) is 1. The second-order valence-electron chi connectivity index (χ2n) is 5.84. The summed E-state index contributed by atoms with van der Waals surface area (Å²) in [5.74, 6) is -0.111. The molecule has 0 bridgehead atoms. The van der Waals surface area contributed by atoms with E-state index in [4.69, 9.17) is 10.5 Å². The lowest BCUT2D eigenvalue weighted by atomic mass is 9.77. The van der Waals surface area contributed by atoms with Crippen LogP contribution >= 0.6 is 27.3 Å². The first-order chi connectivity index (χ1) is 9.46. The monoisotopic (exact) mass is 359 g/mol. The average Bonchev–Trinajstić information content (AvgIpc) is 2.96. The highest BCUT2D eigenvalue weighted by atomic mass is 79.9. The Morgan fingerprint density at radius 1 is 1.55 bits per heavy atom. The molecular weight excluding hydrogens is 338 g/mol. The third-order valence-electron chi connectivity index (χ3n) is 4.24. The highest BCUT2D eigenvalue weighted by Crippen LogP contribution is 2.48. The van der Waals surface area contributed by atoms with E-state index in [2.05, 4.69) is 28.9 Å². The second-order valence-corrected chi connectivity index (χ2v) is 7.98. The minimum atomic E-state index is -0.111. The molecule has 112 valence electrons. The van der Waals surface area contributed by atoms with Crippen molar-refractivity contribution in [2.45, 2.75) is 51.5 Å². The van der Waals surface area contributed by atoms with Gasteiger partial charge in [0.2, 0.25) is 0 Å². The molecule has 2 N–H and O–H groups in total. The lowest BCUT2D eigenvalue weighted by Crippen LogP contribution is -2.27. The maximum Gasteiger partial charge on any atom is 0.306 e. The minimum absolute atomic E-state index is 0.00849. The van der Waals surface area contributed by atoms with Crippen molar-refractivity contribution in [3.63, 3.8) is 0 Å². The third kappa shape index (κ3) is 3.62. The normalized spacial score (nSPS) is 19.0. The van der Waals surface area contributed by atoms with E-state index in [9.17, 15) is 4.79 Å². The molecule has 0 spiro atoms. The summed E-state index contributed by atoms with van der Waals surface area (Å²) in [4.78, 5) is 14.1. The molecular formula is C15H22BrNO2S. The molecule has 1 aromatic rings. The van der Waals surface area contributed by atoms with Gasteiger partial charge in [0.05, 0.1) is 13.5 Å². The summed E-state index contributed by atoms with van der Waals surface area (Å²) in [7, 11) is 1.46. The van der Waals surface area contributed by atoms with E-state index in [0.29, 0.717) is 6.42 Å². The van der Waals surface area contributed by atoms with E-state index >= 15 is 0 Å². The zero-order chi connectivity index (χ0) is 14.8. The van der Waals surface area contributed by atoms with Gasteiger partial charge in [0.25, 0.3) is 0 Å². The van der Waals surface area contributed by atoms with E-state index in [0.717, 1.165) is 23.7 Å². The topological polar surface area (TPSA) is 52.3 Å². The van der Waals surface area contributed by atoms with Crippen LogP contribution in [0.15, 0.2) is 10.5 Å². The molecule has 0 aromatic carbocycles. The van der Waals surface area contributed by atoms with Crippen LogP contribution in [0.3, 0.4) is 0 Å². The quantitative estimate of drug-likeness (QED) is 0.795. The fraction of sp³-hybridized carbons (Fsp3) is 0.667. The van der Waals surface area contributed by atoms with Crippen molar-refractivity contribution in [1.82, 2.24) is 0 Å². The molecule has 3 nitrogen and oxygen atoms in total. The van der Waals surface area contributed by atoms with E-state index in [1.807, 2.05) is 0 Å². The summed E-state index contributed by atoms with van der Waals surface area (Å²) in [6.45, 7) is 2.09. The first-order valence-electron chi connectivity index (χ1n) is 7.04. The van der Waals surface area contributed by atoms with Gasteiger partial charge in [-0.3, -0.25) is 4.79 Å². The molecule has 20 heavy (non-hydrogen) atoms. The number of nitrogens with two attached hydrogens (primary N) is 1. The molecule has 0 aliphatic heterocycles. The number of carbonyl (C=O) groups excluding carboxylic acids is 1. The Hall–Kier alpha value is -0.390. The van der Waals surface area contributed by atoms with E-state index < -0.39 is 0 Å². The maximum atomic E-state index is 11.7. The van der Waals surface area contributed by atoms with Crippen molar-refractivity contribution in [2.24, 2.45) is 11.1 Å². The van der Waals surface area contributed by atoms with Crippen molar-refractivity contribution in [3.05, 3.63) is 20.3 Å². The van der Waals surface area contributed by atoms with Gasteiger partial charge in [-0.25, -0.2) is 0 Å². The standard InChI is InChI=1S/C15H22BrNO2S/c1-10-7-11(16)14(20-10)12(17)8-15(5-3-4-6-15)9-13(18)19-2/h7,12H,3-6,8-9,17H2,1-2H3. The highest BCUT2D eigenvalue weighted by Gasteiger charge is 2.38. The predicted octanol–water partition coefficient (Wildman–Crippen LogP) is 4.33. The van der Waals surface area contributed by atoms with Gasteiger partial charge < -0.3 is 10.5 Å². The smallest absolute Gasteiger partial charge is 0.306 e. The molecule has 2 rings (SSSR count). The number of carbonyl (C=O) groups is 1. The van der Waals surface area contributed by atoms with Crippen LogP contribution in [-0.4, -0.2) is 13.1 Å². The van der Waals surface area contributed by atoms with Gasteiger partial charge in [-0.2, -0.15) is 0 Å². The molecule has 5 heteroatoms. The van der Waals surface area contributed by atoms with Crippen LogP contribution in [0, 0.1) is 12.3 Å². The number of aryl methyl sites for hydroxylation is 1. The van der Waals surface area contributed by atoms with Gasteiger partial charge in [-0.15, -0.1) is 11.3 Å². The molecule has 0 radical (unpaired) electrons. The van der Waals surface area contributed by atoms with Crippen LogP contribution in [0.2, 0.25) is 0 Å². The van der Waals surface area contributed by atoms with E-state index in [1.54, 1.807) is 11.3 Å². The number of rotatable bonds is 5. The van der Waals surface area contributed by atoms with E-state index in [1.165, 1.54) is 29.7 Å². The predicted molar refractivity (Wildman–Crippen MR) is 85.8 cm³/mol. The van der Waals surface area contributed by atoms with Crippen LogP contribution in [-0.2, 0) is 9.53 Å². The minimum Gasteiger partial charge on any atom is -0.469 e. The fourth-order valence-corrected chi connectivity index (χ4v) is 5.22. The third-order valence-corrected chi connectivity index (χ3v) is 6.34. The van der Waals surface area contributed by atoms with Crippen molar-refractivity contribution < 1.29 is 9.53 Å². The molecule has 1 atom stereocenters. The maximum absolute atomic E-state index is 11.7. The molecule has 1 saturated carbocycles. The average molecular weight is 360 g/mol. The Balaban J connectivity index is 2.12. The summed E-state index contributed by atoms with van der Waals surface area (Å²) in [6, 6.07) is 2.10. The number of thiophene rings is 1. The highest BCUT2D eigenvalue weighted by molar-refractivity contribution is 9.10. The number of hydrogen-bond acceptors (Lipinski definition) is 4. The molecule has 1 unspecified atom stereocenters. The number of halogens is 1.